The van der Waals surface area contributed by atoms with Crippen molar-refractivity contribution < 1.29 is 0 Å². The number of aromatic nitrogens is 4. The molecule has 5 nitrogen and oxygen atoms in total. The SMILES string of the molecule is CCNCc1nnc(-n2ccnc2)s1. The molecule has 0 aromatic carbocycles. The van der Waals surface area contributed by atoms with Crippen molar-refractivity contribution in [3.63, 3.8) is 0 Å². The maximum Gasteiger partial charge on any atom is 0.217 e. The lowest BCUT2D eigenvalue weighted by Crippen LogP contribution is -2.11. The molecule has 2 aromatic rings. The second-order valence-corrected chi connectivity index (χ2v) is 3.77. The number of hydrogen-bond acceptors (Lipinski definition) is 5. The highest BCUT2D eigenvalue weighted by Gasteiger charge is 2.04. The summed E-state index contributed by atoms with van der Waals surface area (Å²) in [7, 11) is 0. The third-order valence-corrected chi connectivity index (χ3v) is 2.64. The first kappa shape index (κ1) is 9.29. The standard InChI is InChI=1S/C8H11N5S/c1-2-9-5-7-11-12-8(14-7)13-4-3-10-6-13/h3-4,6,9H,2,5H2,1H3. The second-order valence-electron chi connectivity index (χ2n) is 2.73. The van der Waals surface area contributed by atoms with Crippen LogP contribution in [0.3, 0.4) is 0 Å². The third-order valence-electron chi connectivity index (χ3n) is 1.71. The highest BCUT2D eigenvalue weighted by atomic mass is 32.1. The van der Waals surface area contributed by atoms with Crippen molar-refractivity contribution in [3.05, 3.63) is 23.7 Å². The largest absolute Gasteiger partial charge is 0.311 e. The molecule has 0 aliphatic carbocycles. The first-order valence-electron chi connectivity index (χ1n) is 4.41. The van der Waals surface area contributed by atoms with Gasteiger partial charge in [0.25, 0.3) is 0 Å². The number of nitrogens with zero attached hydrogens (tertiary/aromatic N) is 4. The molecule has 14 heavy (non-hydrogen) atoms. The smallest absolute Gasteiger partial charge is 0.217 e. The van der Waals surface area contributed by atoms with Gasteiger partial charge in [-0.2, -0.15) is 0 Å². The molecule has 0 amide bonds. The van der Waals surface area contributed by atoms with Gasteiger partial charge < -0.3 is 5.32 Å². The molecule has 0 radical (unpaired) electrons. The fourth-order valence-corrected chi connectivity index (χ4v) is 1.79. The van der Waals surface area contributed by atoms with Crippen LogP contribution in [0.4, 0.5) is 0 Å². The molecule has 6 heteroatoms. The summed E-state index contributed by atoms with van der Waals surface area (Å²) in [5, 5.41) is 13.2. The molecular weight excluding hydrogens is 198 g/mol. The summed E-state index contributed by atoms with van der Waals surface area (Å²) in [6.07, 6.45) is 5.31. The Hall–Kier alpha value is -1.27. The molecule has 74 valence electrons. The van der Waals surface area contributed by atoms with Crippen LogP contribution in [0.5, 0.6) is 0 Å². The van der Waals surface area contributed by atoms with E-state index in [-0.39, 0.29) is 0 Å². The third kappa shape index (κ3) is 1.97. The van der Waals surface area contributed by atoms with Gasteiger partial charge in [0.2, 0.25) is 5.13 Å². The number of rotatable bonds is 4. The molecular formula is C8H11N5S. The van der Waals surface area contributed by atoms with Crippen LogP contribution in [-0.2, 0) is 6.54 Å². The number of imidazole rings is 1. The molecule has 0 aliphatic heterocycles. The van der Waals surface area contributed by atoms with Gasteiger partial charge in [-0.25, -0.2) is 4.98 Å². The van der Waals surface area contributed by atoms with E-state index in [0.29, 0.717) is 0 Å². The first-order chi connectivity index (χ1) is 6.90. The number of hydrogen-bond donors (Lipinski definition) is 1. The maximum absolute atomic E-state index is 4.07. The van der Waals surface area contributed by atoms with Crippen molar-refractivity contribution in [2.45, 2.75) is 13.5 Å². The van der Waals surface area contributed by atoms with Gasteiger partial charge in [0, 0.05) is 18.9 Å². The van der Waals surface area contributed by atoms with Gasteiger partial charge in [-0.3, -0.25) is 4.57 Å². The predicted molar refractivity (Wildman–Crippen MR) is 54.4 cm³/mol. The van der Waals surface area contributed by atoms with Crippen LogP contribution >= 0.6 is 11.3 Å². The second kappa shape index (κ2) is 4.30. The molecule has 1 N–H and O–H groups in total. The van der Waals surface area contributed by atoms with Crippen LogP contribution in [0.2, 0.25) is 0 Å². The van der Waals surface area contributed by atoms with Gasteiger partial charge >= 0.3 is 0 Å². The summed E-state index contributed by atoms with van der Waals surface area (Å²) in [6.45, 7) is 3.79. The normalized spacial score (nSPS) is 10.6. The van der Waals surface area contributed by atoms with E-state index in [2.05, 4.69) is 27.4 Å². The minimum absolute atomic E-state index is 0.781. The lowest BCUT2D eigenvalue weighted by molar-refractivity contribution is 0.714. The quantitative estimate of drug-likeness (QED) is 0.810. The maximum atomic E-state index is 4.07. The summed E-state index contributed by atoms with van der Waals surface area (Å²) in [4.78, 5) is 3.96. The average molecular weight is 209 g/mol. The van der Waals surface area contributed by atoms with Crippen LogP contribution in [0.1, 0.15) is 11.9 Å². The Morgan fingerprint density at radius 3 is 3.14 bits per heavy atom. The minimum Gasteiger partial charge on any atom is -0.311 e. The summed E-state index contributed by atoms with van der Waals surface area (Å²) in [6, 6.07) is 0. The van der Waals surface area contributed by atoms with E-state index in [0.717, 1.165) is 23.2 Å². The monoisotopic (exact) mass is 209 g/mol. The van der Waals surface area contributed by atoms with E-state index in [1.807, 2.05) is 10.8 Å². The molecule has 0 aliphatic rings. The molecule has 2 heterocycles. The van der Waals surface area contributed by atoms with Crippen LogP contribution < -0.4 is 5.32 Å². The highest BCUT2D eigenvalue weighted by Crippen LogP contribution is 2.13. The molecule has 2 aromatic heterocycles. The Kier molecular flexibility index (Phi) is 2.85. The summed E-state index contributed by atoms with van der Waals surface area (Å²) in [5.74, 6) is 0. The molecule has 0 bridgehead atoms. The summed E-state index contributed by atoms with van der Waals surface area (Å²) in [5.41, 5.74) is 0. The van der Waals surface area contributed by atoms with Crippen molar-refractivity contribution in [3.8, 4) is 5.13 Å². The van der Waals surface area contributed by atoms with Crippen molar-refractivity contribution in [2.24, 2.45) is 0 Å². The van der Waals surface area contributed by atoms with E-state index in [9.17, 15) is 0 Å². The molecule has 0 unspecified atom stereocenters. The van der Waals surface area contributed by atoms with Crippen LogP contribution in [0, 0.1) is 0 Å². The van der Waals surface area contributed by atoms with Crippen LogP contribution in [-0.4, -0.2) is 26.3 Å². The van der Waals surface area contributed by atoms with Crippen molar-refractivity contribution in [2.75, 3.05) is 6.54 Å². The lowest BCUT2D eigenvalue weighted by atomic mass is 10.6. The van der Waals surface area contributed by atoms with Gasteiger partial charge in [0.05, 0.1) is 0 Å². The average Bonchev–Trinajstić information content (AvgIpc) is 2.85. The Balaban J connectivity index is 2.10. The molecule has 2 rings (SSSR count). The van der Waals surface area contributed by atoms with Crippen molar-refractivity contribution in [1.29, 1.82) is 0 Å². The van der Waals surface area contributed by atoms with Gasteiger partial charge in [-0.05, 0) is 6.54 Å². The highest BCUT2D eigenvalue weighted by molar-refractivity contribution is 7.13. The van der Waals surface area contributed by atoms with Crippen LogP contribution in [0.15, 0.2) is 18.7 Å². The molecule has 0 saturated heterocycles. The Bertz CT molecular complexity index is 380. The van der Waals surface area contributed by atoms with E-state index < -0.39 is 0 Å². The predicted octanol–water partition coefficient (Wildman–Crippen LogP) is 0.833. The zero-order chi connectivity index (χ0) is 9.80. The minimum atomic E-state index is 0.781. The molecule has 0 fully saturated rings. The molecule has 0 atom stereocenters. The fraction of sp³-hybridized carbons (Fsp3) is 0.375. The Morgan fingerprint density at radius 1 is 1.50 bits per heavy atom. The zero-order valence-corrected chi connectivity index (χ0v) is 8.66. The van der Waals surface area contributed by atoms with E-state index in [1.54, 1.807) is 23.9 Å². The zero-order valence-electron chi connectivity index (χ0n) is 7.84. The molecule has 0 saturated carbocycles. The van der Waals surface area contributed by atoms with Gasteiger partial charge in [0.15, 0.2) is 0 Å². The van der Waals surface area contributed by atoms with E-state index >= 15 is 0 Å². The van der Waals surface area contributed by atoms with E-state index in [4.69, 9.17) is 0 Å². The summed E-state index contributed by atoms with van der Waals surface area (Å²) >= 11 is 1.57. The van der Waals surface area contributed by atoms with Crippen molar-refractivity contribution in [1.82, 2.24) is 25.1 Å². The fourth-order valence-electron chi connectivity index (χ4n) is 1.02. The summed E-state index contributed by atoms with van der Waals surface area (Å²) < 4.78 is 1.85. The lowest BCUT2D eigenvalue weighted by Gasteiger charge is -1.93. The first-order valence-corrected chi connectivity index (χ1v) is 5.23. The van der Waals surface area contributed by atoms with Gasteiger partial charge in [0.1, 0.15) is 11.3 Å². The van der Waals surface area contributed by atoms with Gasteiger partial charge in [-0.15, -0.1) is 10.2 Å². The van der Waals surface area contributed by atoms with E-state index in [1.165, 1.54) is 0 Å². The van der Waals surface area contributed by atoms with Crippen LogP contribution in [0.25, 0.3) is 5.13 Å². The topological polar surface area (TPSA) is 55.6 Å². The Labute approximate surface area is 85.8 Å². The molecule has 0 spiro atoms. The van der Waals surface area contributed by atoms with Crippen molar-refractivity contribution >= 4 is 11.3 Å². The van der Waals surface area contributed by atoms with Gasteiger partial charge in [-0.1, -0.05) is 18.3 Å². The number of nitrogens with one attached hydrogen (secondary N) is 1. The Morgan fingerprint density at radius 2 is 2.43 bits per heavy atom.